The minimum absolute atomic E-state index is 0.100. The number of nitrogen functional groups attached to an aromatic ring is 1. The lowest BCUT2D eigenvalue weighted by molar-refractivity contribution is 0.306. The van der Waals surface area contributed by atoms with Crippen LogP contribution in [0.3, 0.4) is 0 Å². The Bertz CT molecular complexity index is 550. The summed E-state index contributed by atoms with van der Waals surface area (Å²) in [6.07, 6.45) is 0. The highest BCUT2D eigenvalue weighted by Gasteiger charge is 2.03. The summed E-state index contributed by atoms with van der Waals surface area (Å²) in [5.74, 6) is 0.953. The average molecular weight is 240 g/mol. The number of nitrogens with two attached hydrogens (primary N) is 1. The second kappa shape index (κ2) is 5.36. The second-order valence-corrected chi connectivity index (χ2v) is 4.16. The van der Waals surface area contributed by atoms with E-state index in [-0.39, 0.29) is 5.84 Å². The largest absolute Gasteiger partial charge is 0.489 e. The monoisotopic (exact) mass is 240 g/mol. The van der Waals surface area contributed by atoms with Crippen LogP contribution in [0.5, 0.6) is 5.75 Å². The van der Waals surface area contributed by atoms with E-state index < -0.39 is 0 Å². The second-order valence-electron chi connectivity index (χ2n) is 4.16. The molecule has 0 spiro atoms. The van der Waals surface area contributed by atoms with E-state index in [2.05, 4.69) is 0 Å². The van der Waals surface area contributed by atoms with Gasteiger partial charge in [0, 0.05) is 5.56 Å². The van der Waals surface area contributed by atoms with Crippen LogP contribution in [-0.2, 0) is 6.61 Å². The highest BCUT2D eigenvalue weighted by molar-refractivity contribution is 5.96. The van der Waals surface area contributed by atoms with Gasteiger partial charge < -0.3 is 10.5 Å². The van der Waals surface area contributed by atoms with Crippen molar-refractivity contribution in [3.8, 4) is 5.75 Å². The van der Waals surface area contributed by atoms with Crippen molar-refractivity contribution in [2.24, 2.45) is 5.73 Å². The molecule has 92 valence electrons. The van der Waals surface area contributed by atoms with E-state index in [1.807, 2.05) is 55.5 Å². The highest BCUT2D eigenvalue weighted by Crippen LogP contribution is 2.14. The highest BCUT2D eigenvalue weighted by atomic mass is 16.5. The number of para-hydroxylation sites is 1. The summed E-state index contributed by atoms with van der Waals surface area (Å²) in [4.78, 5) is 0. The lowest BCUT2D eigenvalue weighted by Crippen LogP contribution is -2.13. The van der Waals surface area contributed by atoms with E-state index >= 15 is 0 Å². The Morgan fingerprint density at radius 2 is 1.89 bits per heavy atom. The third-order valence-electron chi connectivity index (χ3n) is 2.73. The molecule has 0 aliphatic carbocycles. The molecule has 2 aromatic carbocycles. The summed E-state index contributed by atoms with van der Waals surface area (Å²) in [7, 11) is 0. The van der Waals surface area contributed by atoms with E-state index in [9.17, 15) is 0 Å². The Labute approximate surface area is 107 Å². The molecular weight excluding hydrogens is 224 g/mol. The molecule has 0 atom stereocenters. The minimum atomic E-state index is 0.100. The van der Waals surface area contributed by atoms with E-state index in [0.29, 0.717) is 6.61 Å². The zero-order valence-corrected chi connectivity index (χ0v) is 10.3. The van der Waals surface area contributed by atoms with Gasteiger partial charge in [0.15, 0.2) is 0 Å². The third kappa shape index (κ3) is 2.88. The summed E-state index contributed by atoms with van der Waals surface area (Å²) in [6, 6.07) is 15.5. The van der Waals surface area contributed by atoms with Gasteiger partial charge in [-0.25, -0.2) is 0 Å². The van der Waals surface area contributed by atoms with Gasteiger partial charge in [0.1, 0.15) is 18.2 Å². The first-order chi connectivity index (χ1) is 8.66. The summed E-state index contributed by atoms with van der Waals surface area (Å²) in [5, 5.41) is 7.43. The molecule has 3 heteroatoms. The number of nitrogens with one attached hydrogen (secondary N) is 1. The first-order valence-electron chi connectivity index (χ1n) is 5.78. The van der Waals surface area contributed by atoms with Crippen LogP contribution in [0.4, 0.5) is 0 Å². The Morgan fingerprint density at radius 1 is 1.17 bits per heavy atom. The maximum Gasteiger partial charge on any atom is 0.123 e. The number of hydrogen-bond acceptors (Lipinski definition) is 2. The van der Waals surface area contributed by atoms with Gasteiger partial charge in [-0.05, 0) is 30.2 Å². The van der Waals surface area contributed by atoms with Crippen LogP contribution in [0.15, 0.2) is 48.5 Å². The molecule has 0 amide bonds. The molecule has 2 aromatic rings. The SMILES string of the molecule is Cc1cc(COc2ccccc2)ccc1C(=N)N. The Kier molecular flexibility index (Phi) is 3.63. The molecule has 0 heterocycles. The average Bonchev–Trinajstić information content (AvgIpc) is 2.37. The molecule has 0 bridgehead atoms. The third-order valence-corrected chi connectivity index (χ3v) is 2.73. The molecule has 3 nitrogen and oxygen atoms in total. The smallest absolute Gasteiger partial charge is 0.123 e. The van der Waals surface area contributed by atoms with Gasteiger partial charge >= 0.3 is 0 Å². The molecule has 3 N–H and O–H groups in total. The molecule has 0 radical (unpaired) electrons. The molecule has 0 aliphatic heterocycles. The van der Waals surface area contributed by atoms with Gasteiger partial charge in [-0.2, -0.15) is 0 Å². The summed E-state index contributed by atoms with van der Waals surface area (Å²) in [5.41, 5.74) is 8.33. The normalized spacial score (nSPS) is 10.1. The maximum atomic E-state index is 7.43. The first-order valence-corrected chi connectivity index (χ1v) is 5.78. The number of hydrogen-bond donors (Lipinski definition) is 2. The van der Waals surface area contributed by atoms with Crippen LogP contribution in [0, 0.1) is 12.3 Å². The van der Waals surface area contributed by atoms with Gasteiger partial charge in [-0.3, -0.25) is 5.41 Å². The molecular formula is C15H16N2O. The van der Waals surface area contributed by atoms with Gasteiger partial charge in [0.2, 0.25) is 0 Å². The zero-order chi connectivity index (χ0) is 13.0. The van der Waals surface area contributed by atoms with E-state index in [4.69, 9.17) is 15.9 Å². The fourth-order valence-corrected chi connectivity index (χ4v) is 1.80. The zero-order valence-electron chi connectivity index (χ0n) is 10.3. The number of rotatable bonds is 4. The van der Waals surface area contributed by atoms with Crippen LogP contribution in [0.1, 0.15) is 16.7 Å². The van der Waals surface area contributed by atoms with Gasteiger partial charge in [-0.1, -0.05) is 36.4 Å². The van der Waals surface area contributed by atoms with Gasteiger partial charge in [0.05, 0.1) is 0 Å². The molecule has 2 rings (SSSR count). The van der Waals surface area contributed by atoms with Crippen LogP contribution < -0.4 is 10.5 Å². The van der Waals surface area contributed by atoms with Crippen LogP contribution in [-0.4, -0.2) is 5.84 Å². The molecule has 0 aromatic heterocycles. The van der Waals surface area contributed by atoms with Crippen LogP contribution in [0.2, 0.25) is 0 Å². The predicted molar refractivity (Wildman–Crippen MR) is 73.0 cm³/mol. The lowest BCUT2D eigenvalue weighted by Gasteiger charge is -2.09. The standard InChI is InChI=1S/C15H16N2O/c1-11-9-12(7-8-14(11)15(16)17)10-18-13-5-3-2-4-6-13/h2-9H,10H2,1H3,(H3,16,17). The molecule has 0 unspecified atom stereocenters. The minimum Gasteiger partial charge on any atom is -0.489 e. The number of ether oxygens (including phenoxy) is 1. The Morgan fingerprint density at radius 3 is 2.50 bits per heavy atom. The molecule has 18 heavy (non-hydrogen) atoms. The Hall–Kier alpha value is -2.29. The van der Waals surface area contributed by atoms with E-state index in [0.717, 1.165) is 22.4 Å². The maximum absolute atomic E-state index is 7.43. The Balaban J connectivity index is 2.07. The van der Waals surface area contributed by atoms with Gasteiger partial charge in [0.25, 0.3) is 0 Å². The van der Waals surface area contributed by atoms with E-state index in [1.165, 1.54) is 0 Å². The number of aryl methyl sites for hydroxylation is 1. The van der Waals surface area contributed by atoms with Crippen molar-refractivity contribution in [1.29, 1.82) is 5.41 Å². The van der Waals surface area contributed by atoms with E-state index in [1.54, 1.807) is 0 Å². The lowest BCUT2D eigenvalue weighted by atomic mass is 10.0. The fourth-order valence-electron chi connectivity index (χ4n) is 1.80. The van der Waals surface area contributed by atoms with Crippen molar-refractivity contribution in [2.45, 2.75) is 13.5 Å². The summed E-state index contributed by atoms with van der Waals surface area (Å²) < 4.78 is 5.66. The van der Waals surface area contributed by atoms with Crippen molar-refractivity contribution in [3.05, 3.63) is 65.2 Å². The number of amidine groups is 1. The molecule has 0 saturated carbocycles. The van der Waals surface area contributed by atoms with Crippen molar-refractivity contribution in [1.82, 2.24) is 0 Å². The van der Waals surface area contributed by atoms with Crippen LogP contribution >= 0.6 is 0 Å². The molecule has 0 saturated heterocycles. The van der Waals surface area contributed by atoms with Gasteiger partial charge in [-0.15, -0.1) is 0 Å². The first kappa shape index (κ1) is 12.2. The van der Waals surface area contributed by atoms with Crippen LogP contribution in [0.25, 0.3) is 0 Å². The molecule has 0 aliphatic rings. The predicted octanol–water partition coefficient (Wildman–Crippen LogP) is 2.86. The van der Waals surface area contributed by atoms with Crippen molar-refractivity contribution in [2.75, 3.05) is 0 Å². The van der Waals surface area contributed by atoms with Crippen molar-refractivity contribution in [3.63, 3.8) is 0 Å². The summed E-state index contributed by atoms with van der Waals surface area (Å²) >= 11 is 0. The fraction of sp³-hybridized carbons (Fsp3) is 0.133. The van der Waals surface area contributed by atoms with Crippen molar-refractivity contribution >= 4 is 5.84 Å². The summed E-state index contributed by atoms with van der Waals surface area (Å²) in [6.45, 7) is 2.46. The number of benzene rings is 2. The topological polar surface area (TPSA) is 59.1 Å². The van der Waals surface area contributed by atoms with Crippen molar-refractivity contribution < 1.29 is 4.74 Å². The quantitative estimate of drug-likeness (QED) is 0.637. The molecule has 0 fully saturated rings.